The number of hydrogen-bond acceptors (Lipinski definition) is 4. The molecule has 1 atom stereocenters. The van der Waals surface area contributed by atoms with Crippen LogP contribution in [0.3, 0.4) is 0 Å². The van der Waals surface area contributed by atoms with Gasteiger partial charge < -0.3 is 10.6 Å². The highest BCUT2D eigenvalue weighted by Gasteiger charge is 2.34. The van der Waals surface area contributed by atoms with Crippen molar-refractivity contribution in [3.05, 3.63) is 23.4 Å². The fraction of sp³-hybridized carbons (Fsp3) is 0.538. The van der Waals surface area contributed by atoms with Crippen molar-refractivity contribution in [2.24, 2.45) is 5.73 Å². The van der Waals surface area contributed by atoms with Gasteiger partial charge in [0.25, 0.3) is 5.91 Å². The molecule has 0 aliphatic rings. The number of pyridine rings is 1. The molecular weight excluding hydrogens is 303 g/mol. The number of anilines is 1. The Morgan fingerprint density at radius 1 is 1.48 bits per heavy atom. The third-order valence-corrected chi connectivity index (χ3v) is 3.81. The van der Waals surface area contributed by atoms with Crippen LogP contribution in [-0.4, -0.2) is 36.0 Å². The van der Waals surface area contributed by atoms with Crippen LogP contribution in [0.2, 0.25) is 0 Å². The third-order valence-electron chi connectivity index (χ3n) is 3.17. The first-order valence-electron chi connectivity index (χ1n) is 6.28. The van der Waals surface area contributed by atoms with Gasteiger partial charge in [-0.15, -0.1) is 0 Å². The van der Waals surface area contributed by atoms with Crippen LogP contribution in [0.15, 0.2) is 12.1 Å². The van der Waals surface area contributed by atoms with Crippen LogP contribution < -0.4 is 10.6 Å². The number of carbonyl (C=O) groups is 1. The van der Waals surface area contributed by atoms with E-state index >= 15 is 0 Å². The van der Waals surface area contributed by atoms with Crippen LogP contribution in [0.25, 0.3) is 0 Å². The number of carbonyl (C=O) groups excluding carboxylic acids is 1. The second kappa shape index (κ2) is 7.02. The molecule has 1 aromatic heterocycles. The number of alkyl halides is 3. The Morgan fingerprint density at radius 3 is 2.57 bits per heavy atom. The lowest BCUT2D eigenvalue weighted by molar-refractivity contribution is -0.141. The van der Waals surface area contributed by atoms with E-state index in [-0.39, 0.29) is 17.4 Å². The average molecular weight is 321 g/mol. The molecule has 21 heavy (non-hydrogen) atoms. The van der Waals surface area contributed by atoms with E-state index in [0.29, 0.717) is 0 Å². The van der Waals surface area contributed by atoms with Gasteiger partial charge in [0.15, 0.2) is 0 Å². The van der Waals surface area contributed by atoms with Crippen molar-refractivity contribution in [1.29, 1.82) is 0 Å². The predicted molar refractivity (Wildman–Crippen MR) is 78.6 cm³/mol. The zero-order chi connectivity index (χ0) is 16.2. The van der Waals surface area contributed by atoms with Crippen molar-refractivity contribution in [1.82, 2.24) is 4.98 Å². The van der Waals surface area contributed by atoms with Gasteiger partial charge in [-0.05, 0) is 37.5 Å². The fourth-order valence-corrected chi connectivity index (χ4v) is 2.34. The van der Waals surface area contributed by atoms with Crippen LogP contribution in [-0.2, 0) is 6.18 Å². The maximum absolute atomic E-state index is 12.8. The molecule has 0 fully saturated rings. The standard InChI is InChI=1S/C13H18F3N3OS/c1-8(6-7-21-3)19(2)12-9(11(17)20)4-5-10(18-12)13(14,15)16/h4-5,8H,6-7H2,1-3H3,(H2,17,20). The topological polar surface area (TPSA) is 59.2 Å². The molecule has 0 aliphatic heterocycles. The summed E-state index contributed by atoms with van der Waals surface area (Å²) in [7, 11) is 1.61. The van der Waals surface area contributed by atoms with Gasteiger partial charge in [-0.3, -0.25) is 4.79 Å². The van der Waals surface area contributed by atoms with E-state index in [9.17, 15) is 18.0 Å². The van der Waals surface area contributed by atoms with Crippen molar-refractivity contribution < 1.29 is 18.0 Å². The number of nitrogens with zero attached hydrogens (tertiary/aromatic N) is 2. The summed E-state index contributed by atoms with van der Waals surface area (Å²) >= 11 is 1.64. The molecule has 0 saturated heterocycles. The minimum Gasteiger partial charge on any atom is -0.365 e. The summed E-state index contributed by atoms with van der Waals surface area (Å²) in [6, 6.07) is 1.78. The summed E-state index contributed by atoms with van der Waals surface area (Å²) in [5.41, 5.74) is 4.17. The van der Waals surface area contributed by atoms with E-state index in [2.05, 4.69) is 4.98 Å². The highest BCUT2D eigenvalue weighted by atomic mass is 32.2. The molecule has 2 N–H and O–H groups in total. The molecule has 0 radical (unpaired) electrons. The van der Waals surface area contributed by atoms with E-state index in [0.717, 1.165) is 24.3 Å². The first-order chi connectivity index (χ1) is 9.68. The number of amides is 1. The van der Waals surface area contributed by atoms with Crippen molar-refractivity contribution in [2.75, 3.05) is 24.0 Å². The Balaban J connectivity index is 3.20. The Bertz CT molecular complexity index is 508. The maximum atomic E-state index is 12.8. The molecule has 0 aliphatic carbocycles. The molecule has 1 amide bonds. The molecule has 1 rings (SSSR count). The summed E-state index contributed by atoms with van der Waals surface area (Å²) < 4.78 is 38.3. The van der Waals surface area contributed by atoms with E-state index in [1.54, 1.807) is 23.7 Å². The molecule has 1 unspecified atom stereocenters. The molecule has 8 heteroatoms. The zero-order valence-corrected chi connectivity index (χ0v) is 12.9. The minimum absolute atomic E-state index is 0.0125. The van der Waals surface area contributed by atoms with Crippen molar-refractivity contribution in [3.63, 3.8) is 0 Å². The van der Waals surface area contributed by atoms with E-state index < -0.39 is 17.8 Å². The number of rotatable bonds is 6. The Morgan fingerprint density at radius 2 is 2.10 bits per heavy atom. The molecule has 0 aromatic carbocycles. The summed E-state index contributed by atoms with van der Waals surface area (Å²) in [5, 5.41) is 0. The second-order valence-electron chi connectivity index (χ2n) is 4.67. The molecular formula is C13H18F3N3OS. The first-order valence-corrected chi connectivity index (χ1v) is 7.67. The van der Waals surface area contributed by atoms with Crippen LogP contribution in [0.1, 0.15) is 29.4 Å². The molecule has 0 bridgehead atoms. The number of primary amides is 1. The van der Waals surface area contributed by atoms with Crippen LogP contribution in [0.5, 0.6) is 0 Å². The lowest BCUT2D eigenvalue weighted by Crippen LogP contribution is -2.33. The highest BCUT2D eigenvalue weighted by molar-refractivity contribution is 7.98. The van der Waals surface area contributed by atoms with E-state index in [1.807, 2.05) is 13.2 Å². The van der Waals surface area contributed by atoms with E-state index in [1.165, 1.54) is 0 Å². The number of aromatic nitrogens is 1. The molecule has 1 heterocycles. The Labute approximate surface area is 125 Å². The number of thioether (sulfide) groups is 1. The quantitative estimate of drug-likeness (QED) is 0.875. The van der Waals surface area contributed by atoms with E-state index in [4.69, 9.17) is 5.73 Å². The highest BCUT2D eigenvalue weighted by Crippen LogP contribution is 2.31. The molecule has 0 spiro atoms. The van der Waals surface area contributed by atoms with Gasteiger partial charge >= 0.3 is 6.18 Å². The van der Waals surface area contributed by atoms with Crippen LogP contribution in [0, 0.1) is 0 Å². The molecule has 1 aromatic rings. The van der Waals surface area contributed by atoms with Crippen molar-refractivity contribution in [3.8, 4) is 0 Å². The monoisotopic (exact) mass is 321 g/mol. The lowest BCUT2D eigenvalue weighted by Gasteiger charge is -2.27. The fourth-order valence-electron chi connectivity index (χ4n) is 1.76. The third kappa shape index (κ3) is 4.52. The van der Waals surface area contributed by atoms with Gasteiger partial charge in [-0.2, -0.15) is 24.9 Å². The van der Waals surface area contributed by atoms with Gasteiger partial charge in [0.05, 0.1) is 5.56 Å². The van der Waals surface area contributed by atoms with Crippen molar-refractivity contribution in [2.45, 2.75) is 25.6 Å². The number of hydrogen-bond donors (Lipinski definition) is 1. The lowest BCUT2D eigenvalue weighted by atomic mass is 10.1. The summed E-state index contributed by atoms with van der Waals surface area (Å²) in [5.74, 6) is 0.0252. The van der Waals surface area contributed by atoms with Gasteiger partial charge in [0.1, 0.15) is 11.5 Å². The largest absolute Gasteiger partial charge is 0.433 e. The van der Waals surface area contributed by atoms with Gasteiger partial charge in [-0.25, -0.2) is 4.98 Å². The summed E-state index contributed by atoms with van der Waals surface area (Å²) in [6.07, 6.45) is -1.86. The first kappa shape index (κ1) is 17.6. The molecule has 118 valence electrons. The minimum atomic E-state index is -4.56. The summed E-state index contributed by atoms with van der Waals surface area (Å²) in [6.45, 7) is 1.86. The van der Waals surface area contributed by atoms with Gasteiger partial charge in [0.2, 0.25) is 0 Å². The molecule has 4 nitrogen and oxygen atoms in total. The number of nitrogens with two attached hydrogens (primary N) is 1. The SMILES string of the molecule is CSCCC(C)N(C)c1nc(C(F)(F)F)ccc1C(N)=O. The van der Waals surface area contributed by atoms with Crippen molar-refractivity contribution >= 4 is 23.5 Å². The zero-order valence-electron chi connectivity index (χ0n) is 12.1. The average Bonchev–Trinajstić information content (AvgIpc) is 2.42. The van der Waals surface area contributed by atoms with Gasteiger partial charge in [0, 0.05) is 13.1 Å². The predicted octanol–water partition coefficient (Wildman–Crippen LogP) is 2.78. The van der Waals surface area contributed by atoms with Crippen LogP contribution >= 0.6 is 11.8 Å². The smallest absolute Gasteiger partial charge is 0.365 e. The summed E-state index contributed by atoms with van der Waals surface area (Å²) in [4.78, 5) is 16.5. The second-order valence-corrected chi connectivity index (χ2v) is 5.66. The van der Waals surface area contributed by atoms with Crippen LogP contribution in [0.4, 0.5) is 19.0 Å². The van der Waals surface area contributed by atoms with Gasteiger partial charge in [-0.1, -0.05) is 0 Å². The Hall–Kier alpha value is -1.44. The number of halogens is 3. The Kier molecular flexibility index (Phi) is 5.88. The maximum Gasteiger partial charge on any atom is 0.433 e. The molecule has 0 saturated carbocycles. The normalized spacial score (nSPS) is 13.0.